The molecule has 2 heterocycles. The number of rotatable bonds is 15. The van der Waals surface area contributed by atoms with Crippen molar-refractivity contribution in [1.82, 2.24) is 20.0 Å². The van der Waals surface area contributed by atoms with E-state index in [0.717, 1.165) is 78.8 Å². The van der Waals surface area contributed by atoms with Crippen LogP contribution in [-0.2, 0) is 11.2 Å². The largest absolute Gasteiger partial charge is 0.412 e. The second-order valence-corrected chi connectivity index (χ2v) is 12.6. The van der Waals surface area contributed by atoms with Gasteiger partial charge < -0.3 is 15.1 Å². The van der Waals surface area contributed by atoms with Gasteiger partial charge in [-0.3, -0.25) is 4.79 Å². The zero-order valence-corrected chi connectivity index (χ0v) is 25.3. The number of benzene rings is 1. The summed E-state index contributed by atoms with van der Waals surface area (Å²) < 4.78 is 1.76. The lowest BCUT2D eigenvalue weighted by atomic mass is 9.82. The molecule has 0 aliphatic heterocycles. The number of anilines is 1. The summed E-state index contributed by atoms with van der Waals surface area (Å²) in [6.07, 6.45) is 5.37. The van der Waals surface area contributed by atoms with E-state index in [1.165, 1.54) is 0 Å². The summed E-state index contributed by atoms with van der Waals surface area (Å²) in [5, 5.41) is 4.15. The molecule has 0 unspecified atom stereocenters. The van der Waals surface area contributed by atoms with Crippen molar-refractivity contribution < 1.29 is 9.63 Å². The number of nitrogens with one attached hydrogen (secondary N) is 1. The Kier molecular flexibility index (Phi) is 10.3. The Labute approximate surface area is 234 Å². The number of carbonyl (C=O) groups excluding carboxylic acids is 1. The molecule has 7 nitrogen and oxygen atoms in total. The van der Waals surface area contributed by atoms with Crippen LogP contribution in [0.3, 0.4) is 0 Å². The van der Waals surface area contributed by atoms with E-state index in [9.17, 15) is 4.79 Å². The molecule has 38 heavy (non-hydrogen) atoms. The Bertz CT molecular complexity index is 1210. The Morgan fingerprint density at radius 1 is 1.05 bits per heavy atom. The van der Waals surface area contributed by atoms with Crippen LogP contribution in [0, 0.1) is 5.41 Å². The van der Waals surface area contributed by atoms with Gasteiger partial charge in [-0.25, -0.2) is 9.97 Å². The average molecular weight is 542 g/mol. The molecular formula is C30H47N5O2S. The number of aryl methyl sites for hydroxylation is 1. The minimum absolute atomic E-state index is 0.0749. The summed E-state index contributed by atoms with van der Waals surface area (Å²) in [6.45, 7) is 17.4. The molecule has 0 aliphatic rings. The van der Waals surface area contributed by atoms with E-state index < -0.39 is 5.41 Å². The third-order valence-corrected chi connectivity index (χ3v) is 7.04. The van der Waals surface area contributed by atoms with Crippen LogP contribution in [0.5, 0.6) is 0 Å². The first-order valence-electron chi connectivity index (χ1n) is 14.2. The van der Waals surface area contributed by atoms with Crippen molar-refractivity contribution >= 4 is 46.3 Å². The van der Waals surface area contributed by atoms with Crippen LogP contribution >= 0.6 is 12.6 Å². The number of aromatic nitrogens is 3. The summed E-state index contributed by atoms with van der Waals surface area (Å²) in [4.78, 5) is 31.5. The van der Waals surface area contributed by atoms with Crippen LogP contribution in [0.2, 0.25) is 0 Å². The van der Waals surface area contributed by atoms with Crippen molar-refractivity contribution in [2.75, 3.05) is 31.1 Å². The summed E-state index contributed by atoms with van der Waals surface area (Å²) in [5.41, 5.74) is 2.39. The van der Waals surface area contributed by atoms with E-state index in [4.69, 9.17) is 14.8 Å². The summed E-state index contributed by atoms with van der Waals surface area (Å²) in [5.74, 6) is 1.93. The van der Waals surface area contributed by atoms with Gasteiger partial charge in [0.15, 0.2) is 5.82 Å². The zero-order valence-electron chi connectivity index (χ0n) is 24.4. The van der Waals surface area contributed by atoms with Gasteiger partial charge in [0, 0.05) is 41.6 Å². The Hall–Kier alpha value is -2.48. The molecule has 3 rings (SSSR count). The van der Waals surface area contributed by atoms with Crippen molar-refractivity contribution in [2.45, 2.75) is 91.7 Å². The van der Waals surface area contributed by atoms with Crippen LogP contribution in [0.15, 0.2) is 24.3 Å². The minimum Gasteiger partial charge on any atom is -0.412 e. The van der Waals surface area contributed by atoms with Gasteiger partial charge in [-0.15, -0.1) is 0 Å². The third-order valence-electron chi connectivity index (χ3n) is 6.88. The summed E-state index contributed by atoms with van der Waals surface area (Å²) in [7, 11) is 0. The first-order valence-corrected chi connectivity index (χ1v) is 14.7. The van der Waals surface area contributed by atoms with E-state index in [1.807, 2.05) is 44.6 Å². The molecule has 0 fully saturated rings. The fourth-order valence-electron chi connectivity index (χ4n) is 5.14. The number of hydrogen-bond acceptors (Lipinski definition) is 6. The molecule has 0 atom stereocenters. The molecule has 0 radical (unpaired) electrons. The molecule has 0 bridgehead atoms. The van der Waals surface area contributed by atoms with Gasteiger partial charge in [0.2, 0.25) is 5.91 Å². The second kappa shape index (κ2) is 13.0. The molecule has 210 valence electrons. The van der Waals surface area contributed by atoms with Crippen LogP contribution in [0.4, 0.5) is 5.82 Å². The molecule has 1 amide bonds. The number of fused-ring (bicyclic) bond motifs is 3. The lowest BCUT2D eigenvalue weighted by molar-refractivity contribution is -0.129. The van der Waals surface area contributed by atoms with Crippen LogP contribution in [-0.4, -0.2) is 51.6 Å². The normalized spacial score (nSPS) is 12.3. The molecule has 0 saturated heterocycles. The van der Waals surface area contributed by atoms with Gasteiger partial charge in [-0.2, -0.15) is 17.4 Å². The van der Waals surface area contributed by atoms with E-state index >= 15 is 0 Å². The first-order chi connectivity index (χ1) is 18.0. The maximum Gasteiger partial charge on any atom is 0.225 e. The third kappa shape index (κ3) is 7.33. The highest BCUT2D eigenvalue weighted by atomic mass is 32.1. The smallest absolute Gasteiger partial charge is 0.225 e. The maximum absolute atomic E-state index is 12.7. The summed E-state index contributed by atoms with van der Waals surface area (Å²) in [6, 6.07) is 8.23. The minimum atomic E-state index is -0.455. The van der Waals surface area contributed by atoms with Crippen molar-refractivity contribution in [3.05, 3.63) is 30.1 Å². The van der Waals surface area contributed by atoms with Crippen molar-refractivity contribution in [3.63, 3.8) is 0 Å². The van der Waals surface area contributed by atoms with Crippen molar-refractivity contribution in [3.8, 4) is 0 Å². The van der Waals surface area contributed by atoms with Gasteiger partial charge in [-0.05, 0) is 45.6 Å². The molecule has 1 aromatic carbocycles. The Morgan fingerprint density at radius 2 is 1.76 bits per heavy atom. The highest BCUT2D eigenvalue weighted by Gasteiger charge is 2.32. The topological polar surface area (TPSA) is 72.3 Å². The van der Waals surface area contributed by atoms with E-state index in [-0.39, 0.29) is 10.7 Å². The van der Waals surface area contributed by atoms with E-state index in [2.05, 4.69) is 55.7 Å². The number of para-hydroxylation sites is 1. The van der Waals surface area contributed by atoms with Crippen LogP contribution < -0.4 is 15.1 Å². The number of thiol groups is 1. The predicted octanol–water partition coefficient (Wildman–Crippen LogP) is 6.22. The number of unbranched alkanes of at least 4 members (excludes halogenated alkanes) is 2. The lowest BCUT2D eigenvalue weighted by Gasteiger charge is -2.30. The average Bonchev–Trinajstić information content (AvgIpc) is 3.22. The standard InChI is InChI=1S/C30H47N5O2S/c1-8-11-18-24-33-25-26(22-16-12-13-17-23(22)32-27(25)34(9-2)10-3)35(24)37-20-15-14-19-31-28(36)29(4,5)21-30(6,7)38/h12-13,16-17,38H,8-11,14-15,18-21H2,1-7H3,(H,31,36). The molecule has 0 spiro atoms. The lowest BCUT2D eigenvalue weighted by Crippen LogP contribution is -2.40. The highest BCUT2D eigenvalue weighted by molar-refractivity contribution is 7.81. The zero-order chi connectivity index (χ0) is 27.9. The van der Waals surface area contributed by atoms with Gasteiger partial charge in [0.05, 0.1) is 5.52 Å². The van der Waals surface area contributed by atoms with E-state index in [1.54, 1.807) is 0 Å². The summed E-state index contributed by atoms with van der Waals surface area (Å²) >= 11 is 4.60. The molecule has 2 aromatic heterocycles. The Balaban J connectivity index is 1.77. The van der Waals surface area contributed by atoms with Gasteiger partial charge >= 0.3 is 0 Å². The van der Waals surface area contributed by atoms with E-state index in [0.29, 0.717) is 19.6 Å². The highest BCUT2D eigenvalue weighted by Crippen LogP contribution is 2.33. The van der Waals surface area contributed by atoms with Crippen molar-refractivity contribution in [2.24, 2.45) is 5.41 Å². The number of amides is 1. The van der Waals surface area contributed by atoms with Gasteiger partial charge in [-0.1, -0.05) is 59.2 Å². The first kappa shape index (κ1) is 30.1. The molecule has 8 heteroatoms. The van der Waals surface area contributed by atoms with Crippen molar-refractivity contribution in [1.29, 1.82) is 0 Å². The number of imidazole rings is 1. The predicted molar refractivity (Wildman–Crippen MR) is 162 cm³/mol. The second-order valence-electron chi connectivity index (χ2n) is 11.4. The molecule has 0 aliphatic carbocycles. The van der Waals surface area contributed by atoms with Crippen LogP contribution in [0.25, 0.3) is 21.9 Å². The maximum atomic E-state index is 12.7. The van der Waals surface area contributed by atoms with Crippen LogP contribution in [0.1, 0.15) is 86.4 Å². The Morgan fingerprint density at radius 3 is 2.42 bits per heavy atom. The monoisotopic (exact) mass is 541 g/mol. The number of carbonyl (C=O) groups is 1. The molecule has 0 saturated carbocycles. The van der Waals surface area contributed by atoms with Gasteiger partial charge in [0.25, 0.3) is 0 Å². The molecular weight excluding hydrogens is 494 g/mol. The molecule has 1 N–H and O–H groups in total. The fraction of sp³-hybridized carbons (Fsp3) is 0.633. The number of hydrogen-bond donors (Lipinski definition) is 2. The quantitative estimate of drug-likeness (QED) is 0.176. The molecule has 3 aromatic rings. The SMILES string of the molecule is CCCCc1nc2c(N(CC)CC)nc3ccccc3c2n1OCCCCNC(=O)C(C)(C)CC(C)(C)S. The number of nitrogens with zero attached hydrogens (tertiary/aromatic N) is 4. The van der Waals surface area contributed by atoms with Gasteiger partial charge in [0.1, 0.15) is 23.5 Å². The fourth-order valence-corrected chi connectivity index (χ4v) is 5.54. The number of pyridine rings is 1.